The minimum atomic E-state index is -0.516. The Kier molecular flexibility index (Phi) is 5.53. The molecule has 2 unspecified atom stereocenters. The molecule has 0 heterocycles. The van der Waals surface area contributed by atoms with Crippen molar-refractivity contribution < 1.29 is 23.5 Å². The second kappa shape index (κ2) is 8.34. The van der Waals surface area contributed by atoms with Crippen molar-refractivity contribution in [1.29, 1.82) is 0 Å². The molecular formula is C29H37FO4. The van der Waals surface area contributed by atoms with E-state index in [0.717, 1.165) is 73.8 Å². The molecule has 2 atom stereocenters. The molecule has 6 aliphatic rings. The maximum atomic E-state index is 16.2. The highest BCUT2D eigenvalue weighted by molar-refractivity contribution is 6.01. The van der Waals surface area contributed by atoms with Crippen LogP contribution in [0.2, 0.25) is 0 Å². The smallest absolute Gasteiger partial charge is 0.309 e. The fourth-order valence-electron chi connectivity index (χ4n) is 8.78. The van der Waals surface area contributed by atoms with Crippen molar-refractivity contribution in [3.05, 3.63) is 28.6 Å². The molecule has 1 aromatic rings. The van der Waals surface area contributed by atoms with E-state index in [-0.39, 0.29) is 22.7 Å². The van der Waals surface area contributed by atoms with Gasteiger partial charge in [0.2, 0.25) is 0 Å². The van der Waals surface area contributed by atoms with Crippen molar-refractivity contribution in [2.24, 2.45) is 29.6 Å². The predicted octanol–water partition coefficient (Wildman–Crippen LogP) is 6.34. The van der Waals surface area contributed by atoms with Gasteiger partial charge >= 0.3 is 5.97 Å². The number of hydrogen-bond acceptors (Lipinski definition) is 4. The summed E-state index contributed by atoms with van der Waals surface area (Å²) in [4.78, 5) is 26.2. The molecule has 5 heteroatoms. The van der Waals surface area contributed by atoms with Crippen molar-refractivity contribution >= 4 is 11.8 Å². The van der Waals surface area contributed by atoms with Gasteiger partial charge in [-0.3, -0.25) is 9.59 Å². The molecule has 7 rings (SSSR count). The first kappa shape index (κ1) is 22.5. The van der Waals surface area contributed by atoms with Crippen LogP contribution in [0.1, 0.15) is 104 Å². The summed E-state index contributed by atoms with van der Waals surface area (Å²) in [5.74, 6) is 0.856. The minimum absolute atomic E-state index is 0.000174. The van der Waals surface area contributed by atoms with E-state index in [2.05, 4.69) is 0 Å². The van der Waals surface area contributed by atoms with Gasteiger partial charge in [0.25, 0.3) is 0 Å². The van der Waals surface area contributed by atoms with Crippen LogP contribution in [0.4, 0.5) is 4.39 Å². The maximum Gasteiger partial charge on any atom is 0.309 e. The van der Waals surface area contributed by atoms with E-state index in [1.807, 2.05) is 6.07 Å². The summed E-state index contributed by atoms with van der Waals surface area (Å²) in [7, 11) is 2.93. The largest absolute Gasteiger partial charge is 0.493 e. The summed E-state index contributed by atoms with van der Waals surface area (Å²) in [6, 6.07) is 1.88. The molecule has 0 spiro atoms. The zero-order valence-corrected chi connectivity index (χ0v) is 20.5. The summed E-state index contributed by atoms with van der Waals surface area (Å²) in [6.45, 7) is 0. The Hall–Kier alpha value is -1.91. The average Bonchev–Trinajstić information content (AvgIpc) is 3.67. The van der Waals surface area contributed by atoms with Gasteiger partial charge in [0.15, 0.2) is 17.3 Å². The van der Waals surface area contributed by atoms with Crippen LogP contribution in [0.3, 0.4) is 0 Å². The van der Waals surface area contributed by atoms with E-state index < -0.39 is 17.7 Å². The molecular weight excluding hydrogens is 431 g/mol. The van der Waals surface area contributed by atoms with Crippen LogP contribution in [0.15, 0.2) is 6.07 Å². The van der Waals surface area contributed by atoms with Gasteiger partial charge in [0.1, 0.15) is 0 Å². The van der Waals surface area contributed by atoms with Crippen LogP contribution in [0.5, 0.6) is 5.75 Å². The average molecular weight is 469 g/mol. The van der Waals surface area contributed by atoms with Crippen LogP contribution < -0.4 is 4.74 Å². The van der Waals surface area contributed by atoms with Crippen LogP contribution in [0, 0.1) is 35.4 Å². The van der Waals surface area contributed by atoms with Gasteiger partial charge in [-0.15, -0.1) is 0 Å². The van der Waals surface area contributed by atoms with Gasteiger partial charge in [-0.25, -0.2) is 4.39 Å². The molecule has 0 saturated heterocycles. The summed E-state index contributed by atoms with van der Waals surface area (Å²) >= 11 is 0. The molecule has 6 saturated carbocycles. The SMILES string of the molecule is COC(=O)C1CCCCC1C(=O)c1cc(C2CC2)c(C23CC4CC(CC(C4)C2)C3)c(OC)c1F. The van der Waals surface area contributed by atoms with Crippen LogP contribution in [-0.2, 0) is 14.9 Å². The number of rotatable bonds is 6. The van der Waals surface area contributed by atoms with Gasteiger partial charge in [-0.05, 0) is 99.5 Å². The Morgan fingerprint density at radius 1 is 0.912 bits per heavy atom. The molecule has 0 amide bonds. The van der Waals surface area contributed by atoms with Crippen molar-refractivity contribution in [1.82, 2.24) is 0 Å². The Labute approximate surface area is 202 Å². The van der Waals surface area contributed by atoms with Crippen LogP contribution in [0.25, 0.3) is 0 Å². The number of methoxy groups -OCH3 is 2. The molecule has 4 bridgehead atoms. The second-order valence-electron chi connectivity index (χ2n) is 12.1. The number of Topliss-reactive ketones (excluding diaryl/α,β-unsaturated/α-hetero) is 1. The Morgan fingerprint density at radius 3 is 2.03 bits per heavy atom. The monoisotopic (exact) mass is 468 g/mol. The molecule has 184 valence electrons. The number of carbonyl (C=O) groups excluding carboxylic acids is 2. The van der Waals surface area contributed by atoms with Crippen molar-refractivity contribution in [3.8, 4) is 5.75 Å². The Balaban J connectivity index is 1.45. The summed E-state index contributed by atoms with van der Waals surface area (Å²) < 4.78 is 27.1. The molecule has 4 nitrogen and oxygen atoms in total. The third kappa shape index (κ3) is 3.52. The highest BCUT2D eigenvalue weighted by Crippen LogP contribution is 2.64. The third-order valence-electron chi connectivity index (χ3n) is 9.91. The molecule has 0 aromatic heterocycles. The van der Waals surface area contributed by atoms with Gasteiger partial charge < -0.3 is 9.47 Å². The van der Waals surface area contributed by atoms with Gasteiger partial charge in [-0.2, -0.15) is 0 Å². The van der Waals surface area contributed by atoms with Crippen molar-refractivity contribution in [3.63, 3.8) is 0 Å². The van der Waals surface area contributed by atoms with E-state index in [1.165, 1.54) is 26.4 Å². The topological polar surface area (TPSA) is 52.6 Å². The van der Waals surface area contributed by atoms with Gasteiger partial charge in [0.05, 0.1) is 25.7 Å². The second-order valence-corrected chi connectivity index (χ2v) is 12.1. The molecule has 0 aliphatic heterocycles. The summed E-state index contributed by atoms with van der Waals surface area (Å²) in [5.41, 5.74) is 2.39. The minimum Gasteiger partial charge on any atom is -0.493 e. The lowest BCUT2D eigenvalue weighted by molar-refractivity contribution is -0.147. The van der Waals surface area contributed by atoms with E-state index in [4.69, 9.17) is 9.47 Å². The zero-order chi connectivity index (χ0) is 23.6. The molecule has 34 heavy (non-hydrogen) atoms. The van der Waals surface area contributed by atoms with E-state index in [1.54, 1.807) is 7.11 Å². The first-order chi connectivity index (χ1) is 16.4. The first-order valence-electron chi connectivity index (χ1n) is 13.5. The molecule has 0 radical (unpaired) electrons. The molecule has 0 N–H and O–H groups in total. The molecule has 6 fully saturated rings. The lowest BCUT2D eigenvalue weighted by atomic mass is 9.47. The van der Waals surface area contributed by atoms with Crippen molar-refractivity contribution in [2.75, 3.05) is 14.2 Å². The Bertz CT molecular complexity index is 975. The van der Waals surface area contributed by atoms with E-state index in [0.29, 0.717) is 24.5 Å². The summed E-state index contributed by atoms with van der Waals surface area (Å²) in [5, 5.41) is 0. The lowest BCUT2D eigenvalue weighted by Crippen LogP contribution is -2.49. The first-order valence-corrected chi connectivity index (χ1v) is 13.5. The number of benzene rings is 1. The van der Waals surface area contributed by atoms with Gasteiger partial charge in [-0.1, -0.05) is 12.8 Å². The van der Waals surface area contributed by atoms with Gasteiger partial charge in [0, 0.05) is 16.9 Å². The van der Waals surface area contributed by atoms with Crippen molar-refractivity contribution in [2.45, 2.75) is 88.4 Å². The number of carbonyl (C=O) groups is 2. The standard InChI is InChI=1S/C29H37FO4/c1-33-27-24(29-13-16-9-17(14-29)11-18(10-16)15-29)22(19-7-8-19)12-23(25(27)30)26(31)20-5-3-4-6-21(20)28(32)34-2/h12,16-21H,3-11,13-15H2,1-2H3. The normalized spacial score (nSPS) is 36.4. The lowest BCUT2D eigenvalue weighted by Gasteiger charge is -2.57. The highest BCUT2D eigenvalue weighted by Gasteiger charge is 2.54. The zero-order valence-electron chi connectivity index (χ0n) is 20.5. The number of esters is 1. The Morgan fingerprint density at radius 2 is 1.50 bits per heavy atom. The van der Waals surface area contributed by atoms with E-state index >= 15 is 4.39 Å². The fourth-order valence-corrected chi connectivity index (χ4v) is 8.78. The number of ketones is 1. The highest BCUT2D eigenvalue weighted by atomic mass is 19.1. The number of hydrogen-bond donors (Lipinski definition) is 0. The number of halogens is 1. The molecule has 6 aliphatic carbocycles. The fraction of sp³-hybridized carbons (Fsp3) is 0.724. The molecule has 1 aromatic carbocycles. The summed E-state index contributed by atoms with van der Waals surface area (Å²) in [6.07, 6.45) is 12.6. The maximum absolute atomic E-state index is 16.2. The third-order valence-corrected chi connectivity index (χ3v) is 9.91. The number of ether oxygens (including phenoxy) is 2. The predicted molar refractivity (Wildman–Crippen MR) is 127 cm³/mol. The van der Waals surface area contributed by atoms with Crippen LogP contribution in [-0.4, -0.2) is 26.0 Å². The van der Waals surface area contributed by atoms with E-state index in [9.17, 15) is 9.59 Å². The quantitative estimate of drug-likeness (QED) is 0.361. The van der Waals surface area contributed by atoms with Crippen LogP contribution >= 0.6 is 0 Å².